The predicted molar refractivity (Wildman–Crippen MR) is 49.6 cm³/mol. The van der Waals surface area contributed by atoms with E-state index in [1.54, 1.807) is 12.1 Å². The lowest BCUT2D eigenvalue weighted by Gasteiger charge is -2.09. The number of hydrogen-bond donors (Lipinski definition) is 0. The molecule has 13 heavy (non-hydrogen) atoms. The van der Waals surface area contributed by atoms with Gasteiger partial charge in [0.2, 0.25) is 5.88 Å². The molecule has 1 aliphatic rings. The van der Waals surface area contributed by atoms with Crippen LogP contribution in [0, 0.1) is 0 Å². The van der Waals surface area contributed by atoms with Crippen molar-refractivity contribution in [1.29, 1.82) is 0 Å². The zero-order valence-electron chi connectivity index (χ0n) is 6.94. The van der Waals surface area contributed by atoms with Gasteiger partial charge in [0.15, 0.2) is 0 Å². The summed E-state index contributed by atoms with van der Waals surface area (Å²) < 4.78 is 11.4. The van der Waals surface area contributed by atoms with Gasteiger partial charge in [0.25, 0.3) is 0 Å². The van der Waals surface area contributed by atoms with E-state index in [2.05, 4.69) is 26.1 Å². The van der Waals surface area contributed by atoms with E-state index in [9.17, 15) is 0 Å². The van der Waals surface area contributed by atoms with Gasteiger partial charge in [0, 0.05) is 12.5 Å². The second-order valence-corrected chi connectivity index (χ2v) is 3.61. The van der Waals surface area contributed by atoms with Crippen molar-refractivity contribution in [2.45, 2.75) is 12.5 Å². The number of ether oxygens (including phenoxy) is 2. The number of aromatic nitrogens is 2. The molecule has 2 rings (SSSR count). The van der Waals surface area contributed by atoms with Gasteiger partial charge < -0.3 is 9.47 Å². The molecule has 0 aromatic carbocycles. The largest absolute Gasteiger partial charge is 0.471 e. The minimum Gasteiger partial charge on any atom is -0.471 e. The Hall–Kier alpha value is -0.680. The van der Waals surface area contributed by atoms with Crippen LogP contribution in [-0.2, 0) is 4.74 Å². The molecule has 1 aromatic rings. The first kappa shape index (κ1) is 8.90. The first-order valence-corrected chi connectivity index (χ1v) is 4.87. The fourth-order valence-electron chi connectivity index (χ4n) is 1.14. The average molecular weight is 245 g/mol. The molecular formula is C8H9BrN2O2. The third-order valence-corrected chi connectivity index (χ3v) is 2.21. The summed E-state index contributed by atoms with van der Waals surface area (Å²) in [6.45, 7) is 1.42. The van der Waals surface area contributed by atoms with Crippen LogP contribution in [0.5, 0.6) is 5.88 Å². The molecule has 1 fully saturated rings. The summed E-state index contributed by atoms with van der Waals surface area (Å²) in [5.74, 6) is 0.554. The van der Waals surface area contributed by atoms with Crippen LogP contribution in [0.15, 0.2) is 16.7 Å². The Bertz CT molecular complexity index is 272. The van der Waals surface area contributed by atoms with Crippen LogP contribution >= 0.6 is 15.9 Å². The van der Waals surface area contributed by atoms with Crippen molar-refractivity contribution < 1.29 is 9.47 Å². The zero-order chi connectivity index (χ0) is 9.10. The van der Waals surface area contributed by atoms with Gasteiger partial charge in [-0.15, -0.1) is 10.2 Å². The molecule has 0 saturated carbocycles. The van der Waals surface area contributed by atoms with Crippen molar-refractivity contribution >= 4 is 15.9 Å². The third-order valence-electron chi connectivity index (χ3n) is 1.78. The van der Waals surface area contributed by atoms with Crippen LogP contribution in [0.4, 0.5) is 0 Å². The van der Waals surface area contributed by atoms with Gasteiger partial charge in [-0.1, -0.05) is 0 Å². The molecule has 1 aliphatic heterocycles. The number of halogens is 1. The van der Waals surface area contributed by atoms with Crippen LogP contribution in [0.2, 0.25) is 0 Å². The first-order valence-electron chi connectivity index (χ1n) is 4.08. The van der Waals surface area contributed by atoms with Gasteiger partial charge in [-0.05, 0) is 22.0 Å². The Morgan fingerprint density at radius 2 is 2.38 bits per heavy atom. The fraction of sp³-hybridized carbons (Fsp3) is 0.500. The molecule has 2 heterocycles. The molecule has 4 nitrogen and oxygen atoms in total. The summed E-state index contributed by atoms with van der Waals surface area (Å²) in [5.41, 5.74) is 0. The van der Waals surface area contributed by atoms with Crippen molar-refractivity contribution in [2.75, 3.05) is 13.2 Å². The fourth-order valence-corrected chi connectivity index (χ4v) is 1.35. The molecule has 5 heteroatoms. The van der Waals surface area contributed by atoms with Gasteiger partial charge in [-0.25, -0.2) is 0 Å². The normalized spacial score (nSPS) is 21.8. The van der Waals surface area contributed by atoms with Gasteiger partial charge in [-0.3, -0.25) is 0 Å². The predicted octanol–water partition coefficient (Wildman–Crippen LogP) is 1.41. The lowest BCUT2D eigenvalue weighted by Crippen LogP contribution is -2.16. The summed E-state index contributed by atoms with van der Waals surface area (Å²) in [6, 6.07) is 3.59. The molecule has 0 N–H and O–H groups in total. The minimum atomic E-state index is 0.135. The Morgan fingerprint density at radius 3 is 3.00 bits per heavy atom. The second kappa shape index (κ2) is 4.02. The van der Waals surface area contributed by atoms with Crippen molar-refractivity contribution in [3.63, 3.8) is 0 Å². The van der Waals surface area contributed by atoms with E-state index in [-0.39, 0.29) is 6.10 Å². The van der Waals surface area contributed by atoms with Crippen LogP contribution < -0.4 is 4.74 Å². The molecule has 1 saturated heterocycles. The third kappa shape index (κ3) is 2.38. The maximum absolute atomic E-state index is 5.51. The Labute approximate surface area is 84.4 Å². The highest BCUT2D eigenvalue weighted by Crippen LogP contribution is 2.14. The van der Waals surface area contributed by atoms with Crippen molar-refractivity contribution in [3.8, 4) is 5.88 Å². The molecule has 0 amide bonds. The Morgan fingerprint density at radius 1 is 1.46 bits per heavy atom. The summed E-state index contributed by atoms with van der Waals surface area (Å²) >= 11 is 3.20. The van der Waals surface area contributed by atoms with E-state index in [1.807, 2.05) is 0 Å². The highest BCUT2D eigenvalue weighted by Gasteiger charge is 2.17. The molecule has 1 unspecified atom stereocenters. The van der Waals surface area contributed by atoms with Crippen LogP contribution in [0.1, 0.15) is 6.42 Å². The summed E-state index contributed by atoms with van der Waals surface area (Å²) in [6.07, 6.45) is 1.06. The van der Waals surface area contributed by atoms with E-state index in [0.29, 0.717) is 17.1 Å². The molecular weight excluding hydrogens is 236 g/mol. The number of hydrogen-bond acceptors (Lipinski definition) is 4. The van der Waals surface area contributed by atoms with Gasteiger partial charge in [0.05, 0.1) is 13.2 Å². The van der Waals surface area contributed by atoms with Crippen molar-refractivity contribution in [2.24, 2.45) is 0 Å². The van der Waals surface area contributed by atoms with Gasteiger partial charge in [-0.2, -0.15) is 0 Å². The Balaban J connectivity index is 1.97. The molecule has 0 bridgehead atoms. The second-order valence-electron chi connectivity index (χ2n) is 2.80. The maximum atomic E-state index is 5.51. The molecule has 1 aromatic heterocycles. The van der Waals surface area contributed by atoms with Crippen molar-refractivity contribution in [3.05, 3.63) is 16.7 Å². The molecule has 1 atom stereocenters. The highest BCUT2D eigenvalue weighted by atomic mass is 79.9. The van der Waals surface area contributed by atoms with Crippen molar-refractivity contribution in [1.82, 2.24) is 10.2 Å². The van der Waals surface area contributed by atoms with E-state index in [0.717, 1.165) is 13.0 Å². The summed E-state index contributed by atoms with van der Waals surface area (Å²) in [4.78, 5) is 0. The van der Waals surface area contributed by atoms with Crippen LogP contribution in [0.25, 0.3) is 0 Å². The van der Waals surface area contributed by atoms with E-state index >= 15 is 0 Å². The summed E-state index contributed by atoms with van der Waals surface area (Å²) in [7, 11) is 0. The first-order chi connectivity index (χ1) is 6.34. The number of nitrogens with zero attached hydrogens (tertiary/aromatic N) is 2. The molecule has 0 aliphatic carbocycles. The van der Waals surface area contributed by atoms with Crippen LogP contribution in [-0.4, -0.2) is 29.5 Å². The lowest BCUT2D eigenvalue weighted by molar-refractivity contribution is 0.137. The van der Waals surface area contributed by atoms with E-state index < -0.39 is 0 Å². The zero-order valence-corrected chi connectivity index (χ0v) is 8.53. The molecule has 0 spiro atoms. The monoisotopic (exact) mass is 244 g/mol. The van der Waals surface area contributed by atoms with Gasteiger partial charge >= 0.3 is 0 Å². The lowest BCUT2D eigenvalue weighted by atomic mass is 10.3. The van der Waals surface area contributed by atoms with E-state index in [4.69, 9.17) is 9.47 Å². The average Bonchev–Trinajstić information content (AvgIpc) is 2.62. The number of rotatable bonds is 2. The molecule has 0 radical (unpaired) electrons. The standard InChI is InChI=1S/C8H9BrN2O2/c9-7-1-2-8(11-10-7)13-6-3-4-12-5-6/h1-2,6H,3-5H2. The highest BCUT2D eigenvalue weighted by molar-refractivity contribution is 9.10. The summed E-state index contributed by atoms with van der Waals surface area (Å²) in [5, 5.41) is 7.69. The Kier molecular flexibility index (Phi) is 2.75. The maximum Gasteiger partial charge on any atom is 0.233 e. The SMILES string of the molecule is Brc1ccc(OC2CCOC2)nn1. The van der Waals surface area contributed by atoms with E-state index in [1.165, 1.54) is 0 Å². The minimum absolute atomic E-state index is 0.135. The topological polar surface area (TPSA) is 44.2 Å². The molecule has 70 valence electrons. The van der Waals surface area contributed by atoms with Gasteiger partial charge in [0.1, 0.15) is 10.7 Å². The smallest absolute Gasteiger partial charge is 0.233 e. The van der Waals surface area contributed by atoms with Crippen LogP contribution in [0.3, 0.4) is 0 Å². The quantitative estimate of drug-likeness (QED) is 0.790.